The number of carbonyl (C=O) groups is 1. The summed E-state index contributed by atoms with van der Waals surface area (Å²) in [6, 6.07) is 9.80. The van der Waals surface area contributed by atoms with E-state index >= 15 is 0 Å². The molecule has 0 aliphatic heterocycles. The third-order valence-electron chi connectivity index (χ3n) is 4.76. The van der Waals surface area contributed by atoms with Crippen molar-refractivity contribution in [2.24, 2.45) is 0 Å². The van der Waals surface area contributed by atoms with Gasteiger partial charge in [0, 0.05) is 47.0 Å². The molecule has 1 amide bonds. The predicted octanol–water partition coefficient (Wildman–Crippen LogP) is 4.87. The lowest BCUT2D eigenvalue weighted by molar-refractivity contribution is -0.118. The third-order valence-corrected chi connectivity index (χ3v) is 5.93. The fourth-order valence-electron chi connectivity index (χ4n) is 3.04. The maximum Gasteiger partial charge on any atom is 0.227 e. The lowest BCUT2D eigenvalue weighted by atomic mass is 10.2. The number of halogens is 1. The van der Waals surface area contributed by atoms with Crippen LogP contribution in [0.4, 0.5) is 5.69 Å². The van der Waals surface area contributed by atoms with Gasteiger partial charge in [0.15, 0.2) is 0 Å². The molecule has 0 saturated heterocycles. The maximum absolute atomic E-state index is 13.1. The van der Waals surface area contributed by atoms with Crippen molar-refractivity contribution in [1.82, 2.24) is 15.0 Å². The Labute approximate surface area is 183 Å². The molecule has 3 aromatic rings. The highest BCUT2D eigenvalue weighted by molar-refractivity contribution is 9.10. The van der Waals surface area contributed by atoms with Crippen molar-refractivity contribution in [3.63, 3.8) is 0 Å². The largest absolute Gasteiger partial charge is 0.339 e. The zero-order valence-electron chi connectivity index (χ0n) is 16.7. The van der Waals surface area contributed by atoms with Gasteiger partial charge in [-0.25, -0.2) is 0 Å². The molecule has 0 unspecified atom stereocenters. The van der Waals surface area contributed by atoms with Crippen molar-refractivity contribution in [2.75, 3.05) is 31.1 Å². The Kier molecular flexibility index (Phi) is 7.97. The van der Waals surface area contributed by atoms with Crippen LogP contribution < -0.4 is 4.90 Å². The minimum atomic E-state index is 0.0468. The highest BCUT2D eigenvalue weighted by Gasteiger charge is 2.18. The van der Waals surface area contributed by atoms with Crippen LogP contribution in [0.1, 0.15) is 26.2 Å². The molecule has 6 nitrogen and oxygen atoms in total. The number of aromatic nitrogens is 2. The molecule has 2 heterocycles. The Hall–Kier alpha value is -2.03. The van der Waals surface area contributed by atoms with Gasteiger partial charge in [-0.2, -0.15) is 16.3 Å². The molecule has 0 N–H and O–H groups in total. The van der Waals surface area contributed by atoms with E-state index in [1.165, 1.54) is 0 Å². The van der Waals surface area contributed by atoms with Crippen molar-refractivity contribution < 1.29 is 9.32 Å². The Morgan fingerprint density at radius 1 is 1.21 bits per heavy atom. The molecule has 154 valence electrons. The van der Waals surface area contributed by atoms with E-state index in [-0.39, 0.29) is 5.91 Å². The zero-order chi connectivity index (χ0) is 20.6. The number of likely N-dealkylation sites (N-methyl/N-ethyl adjacent to an activating group) is 1. The van der Waals surface area contributed by atoms with Gasteiger partial charge in [0.2, 0.25) is 17.6 Å². The highest BCUT2D eigenvalue weighted by Crippen LogP contribution is 2.22. The van der Waals surface area contributed by atoms with Gasteiger partial charge in [0.1, 0.15) is 0 Å². The molecule has 0 bridgehead atoms. The molecule has 0 aliphatic rings. The quantitative estimate of drug-likeness (QED) is 0.417. The smallest absolute Gasteiger partial charge is 0.227 e. The average molecular weight is 477 g/mol. The lowest BCUT2D eigenvalue weighted by Gasteiger charge is -2.26. The Morgan fingerprint density at radius 3 is 2.72 bits per heavy atom. The molecular weight excluding hydrogens is 452 g/mol. The number of anilines is 1. The molecular formula is C21H25BrN4O2S. The van der Waals surface area contributed by atoms with Crippen LogP contribution in [-0.2, 0) is 11.2 Å². The predicted molar refractivity (Wildman–Crippen MR) is 120 cm³/mol. The molecule has 2 aromatic heterocycles. The molecule has 0 atom stereocenters. The number of rotatable bonds is 10. The van der Waals surface area contributed by atoms with E-state index in [1.807, 2.05) is 46.0 Å². The zero-order valence-corrected chi connectivity index (χ0v) is 19.1. The topological polar surface area (TPSA) is 62.5 Å². The van der Waals surface area contributed by atoms with E-state index in [0.29, 0.717) is 31.1 Å². The van der Waals surface area contributed by atoms with Gasteiger partial charge < -0.3 is 14.3 Å². The normalized spacial score (nSPS) is 11.2. The molecule has 0 saturated carbocycles. The van der Waals surface area contributed by atoms with Crippen molar-refractivity contribution in [1.29, 1.82) is 0 Å². The van der Waals surface area contributed by atoms with Gasteiger partial charge in [-0.3, -0.25) is 4.79 Å². The Balaban J connectivity index is 1.67. The van der Waals surface area contributed by atoms with E-state index in [4.69, 9.17) is 4.52 Å². The summed E-state index contributed by atoms with van der Waals surface area (Å²) in [5, 5.41) is 7.96. The lowest BCUT2D eigenvalue weighted by Crippen LogP contribution is -2.39. The van der Waals surface area contributed by atoms with E-state index in [1.54, 1.807) is 11.3 Å². The summed E-state index contributed by atoms with van der Waals surface area (Å²) in [4.78, 5) is 21.6. The van der Waals surface area contributed by atoms with Crippen molar-refractivity contribution in [3.8, 4) is 11.4 Å². The van der Waals surface area contributed by atoms with E-state index < -0.39 is 0 Å². The second-order valence-corrected chi connectivity index (χ2v) is 8.27. The van der Waals surface area contributed by atoms with Crippen LogP contribution in [0.25, 0.3) is 11.4 Å². The van der Waals surface area contributed by atoms with Gasteiger partial charge in [-0.1, -0.05) is 41.0 Å². The van der Waals surface area contributed by atoms with Crippen molar-refractivity contribution in [2.45, 2.75) is 26.7 Å². The minimum absolute atomic E-state index is 0.0468. The van der Waals surface area contributed by atoms with Crippen molar-refractivity contribution >= 4 is 38.9 Å². The molecule has 0 radical (unpaired) electrons. The van der Waals surface area contributed by atoms with E-state index in [9.17, 15) is 4.79 Å². The summed E-state index contributed by atoms with van der Waals surface area (Å²) < 4.78 is 6.29. The maximum atomic E-state index is 13.1. The van der Waals surface area contributed by atoms with Crippen molar-refractivity contribution in [3.05, 3.63) is 51.5 Å². The van der Waals surface area contributed by atoms with E-state index in [2.05, 4.69) is 44.8 Å². The summed E-state index contributed by atoms with van der Waals surface area (Å²) in [6.45, 7) is 7.66. The van der Waals surface area contributed by atoms with Crippen LogP contribution in [0, 0.1) is 0 Å². The number of thiophene rings is 1. The standard InChI is InChI=1S/C21H25BrN4O2S/c1-3-25(4-2)11-12-26(18-7-5-6-17(22)14-18)20(27)9-8-19-23-21(24-28-19)16-10-13-29-15-16/h5-7,10,13-15H,3-4,8-9,11-12H2,1-2H3. The van der Waals surface area contributed by atoms with Gasteiger partial charge >= 0.3 is 0 Å². The third kappa shape index (κ3) is 5.98. The molecule has 0 fully saturated rings. The molecule has 0 aliphatic carbocycles. The second-order valence-electron chi connectivity index (χ2n) is 6.58. The summed E-state index contributed by atoms with van der Waals surface area (Å²) >= 11 is 5.09. The van der Waals surface area contributed by atoms with Crippen LogP contribution in [0.5, 0.6) is 0 Å². The molecule has 1 aromatic carbocycles. The second kappa shape index (κ2) is 10.7. The number of nitrogens with zero attached hydrogens (tertiary/aromatic N) is 4. The van der Waals surface area contributed by atoms with Gasteiger partial charge in [-0.15, -0.1) is 0 Å². The first-order valence-corrected chi connectivity index (χ1v) is 11.5. The first kappa shape index (κ1) is 21.7. The molecule has 8 heteroatoms. The van der Waals surface area contributed by atoms with Crippen LogP contribution in [0.15, 0.2) is 50.1 Å². The number of amides is 1. The minimum Gasteiger partial charge on any atom is -0.339 e. The van der Waals surface area contributed by atoms with Gasteiger partial charge in [0.05, 0.1) is 0 Å². The van der Waals surface area contributed by atoms with Gasteiger partial charge in [0.25, 0.3) is 0 Å². The fourth-order valence-corrected chi connectivity index (χ4v) is 4.06. The van der Waals surface area contributed by atoms with Gasteiger partial charge in [-0.05, 0) is 42.7 Å². The Bertz CT molecular complexity index is 909. The van der Waals surface area contributed by atoms with Crippen LogP contribution >= 0.6 is 27.3 Å². The number of carbonyl (C=O) groups excluding carboxylic acids is 1. The molecule has 29 heavy (non-hydrogen) atoms. The summed E-state index contributed by atoms with van der Waals surface area (Å²) in [5.41, 5.74) is 1.83. The number of hydrogen-bond acceptors (Lipinski definition) is 6. The van der Waals surface area contributed by atoms with Crippen LogP contribution in [-0.4, -0.2) is 47.1 Å². The first-order chi connectivity index (χ1) is 14.1. The molecule has 3 rings (SSSR count). The summed E-state index contributed by atoms with van der Waals surface area (Å²) in [6.07, 6.45) is 0.738. The van der Waals surface area contributed by atoms with Crippen LogP contribution in [0.2, 0.25) is 0 Å². The average Bonchev–Trinajstić information content (AvgIpc) is 3.41. The fraction of sp³-hybridized carbons (Fsp3) is 0.381. The molecule has 0 spiro atoms. The first-order valence-electron chi connectivity index (χ1n) is 9.74. The number of aryl methyl sites for hydroxylation is 1. The number of benzene rings is 1. The highest BCUT2D eigenvalue weighted by atomic mass is 79.9. The Morgan fingerprint density at radius 2 is 2.03 bits per heavy atom. The summed E-state index contributed by atoms with van der Waals surface area (Å²) in [5.74, 6) is 1.10. The summed E-state index contributed by atoms with van der Waals surface area (Å²) in [7, 11) is 0. The SMILES string of the molecule is CCN(CC)CCN(C(=O)CCc1nc(-c2ccsc2)no1)c1cccc(Br)c1. The monoisotopic (exact) mass is 476 g/mol. The van der Waals surface area contributed by atoms with E-state index in [0.717, 1.165) is 35.4 Å². The van der Waals surface area contributed by atoms with Crippen LogP contribution in [0.3, 0.4) is 0 Å². The number of hydrogen-bond donors (Lipinski definition) is 0.